The molecule has 5 N–H and O–H groups in total. The lowest BCUT2D eigenvalue weighted by Crippen LogP contribution is -1.94. The van der Waals surface area contributed by atoms with Gasteiger partial charge in [-0.2, -0.15) is 0 Å². The van der Waals surface area contributed by atoms with E-state index in [1.807, 2.05) is 48.5 Å². The first-order chi connectivity index (χ1) is 37.5. The largest absolute Gasteiger partial charge is 0.416 e. The number of unbranched alkanes of at least 4 members (excludes halogenated alkanes) is 12. The molecule has 0 aliphatic carbocycles. The summed E-state index contributed by atoms with van der Waals surface area (Å²) in [5.74, 6) is 0. The van der Waals surface area contributed by atoms with Crippen molar-refractivity contribution in [1.29, 1.82) is 0 Å². The molecule has 3 aromatic carbocycles. The third kappa shape index (κ3) is 17.8. The van der Waals surface area contributed by atoms with E-state index in [2.05, 4.69) is 88.4 Å². The van der Waals surface area contributed by atoms with Crippen LogP contribution in [0, 0.1) is 0 Å². The molecule has 4 aromatic heterocycles. The van der Waals surface area contributed by atoms with E-state index in [-0.39, 0.29) is 0 Å². The van der Waals surface area contributed by atoms with Crippen molar-refractivity contribution in [3.8, 4) is 50.5 Å². The first-order valence-corrected chi connectivity index (χ1v) is 33.4. The Morgan fingerprint density at radius 1 is 0.494 bits per heavy atom. The van der Waals surface area contributed by atoms with Crippen LogP contribution in [0.4, 0.5) is 5.69 Å². The van der Waals surface area contributed by atoms with Crippen molar-refractivity contribution in [2.75, 3.05) is 5.73 Å². The van der Waals surface area contributed by atoms with Crippen molar-refractivity contribution in [3.05, 3.63) is 135 Å². The van der Waals surface area contributed by atoms with Gasteiger partial charge in [-0.3, -0.25) is 4.79 Å². The number of nitrogen functional groups attached to an aromatic ring is 1. The second kappa shape index (κ2) is 31.4. The fraction of sp³-hybridized carbons (Fsp3) is 0.381. The number of hydrogen-bond acceptors (Lipinski definition) is 11. The number of thiophene rings is 4. The SMILES string of the molecule is CCCCCCc1cc(OP(O)O)sc1-c1cc(CCCCCC)c(-c2cc(/C=C/c3ccc(N)cc3)c(-c3sc(-c4sc(O[PH](=O)O)cc4CCCCCC)cc3CCCCCC)cc2/C=C/c2ccc(C=O)cc2)s1. The minimum absolute atomic E-state index is 0.476. The van der Waals surface area contributed by atoms with E-state index in [0.29, 0.717) is 21.4 Å². The van der Waals surface area contributed by atoms with E-state index >= 15 is 0 Å². The molecular formula is C63H77NO7P2S4. The van der Waals surface area contributed by atoms with Gasteiger partial charge in [0.25, 0.3) is 0 Å². The molecular weight excluding hydrogens is 1070 g/mol. The fourth-order valence-electron chi connectivity index (χ4n) is 9.70. The van der Waals surface area contributed by atoms with E-state index in [4.69, 9.17) is 14.8 Å². The number of rotatable bonds is 33. The standard InChI is InChI=1S/C63H77NO7P2S4/c1-5-9-13-17-21-49-39-56(62-51(23-19-15-11-7-3)41-58(76-62)70-72(66)67)74-60(49)54-38-48(34-30-45-31-35-53(64)36-32-45)55(37-47(54)33-29-44-25-27-46(43-65)28-26-44)61-50(22-18-14-10-6-2)40-57(75-61)63-52(24-20-16-12-8-4)42-59(77-63)71-73(68)69/h25-43,66-67,73H,5-24,64H2,1-4H3,(H,68,69)/b33-29+,34-30+. The van der Waals surface area contributed by atoms with Crippen LogP contribution in [0.2, 0.25) is 0 Å². The van der Waals surface area contributed by atoms with E-state index in [0.717, 1.165) is 174 Å². The molecule has 0 aliphatic heterocycles. The maximum absolute atomic E-state index is 12.1. The number of anilines is 1. The Kier molecular flexibility index (Phi) is 24.5. The summed E-state index contributed by atoms with van der Waals surface area (Å²) in [5.41, 5.74) is 18.8. The van der Waals surface area contributed by atoms with Gasteiger partial charge in [0.15, 0.2) is 10.1 Å². The van der Waals surface area contributed by atoms with Gasteiger partial charge in [0.05, 0.1) is 9.75 Å². The van der Waals surface area contributed by atoms with Gasteiger partial charge in [-0.1, -0.05) is 188 Å². The molecule has 14 heteroatoms. The molecule has 7 aromatic rings. The number of carbonyl (C=O) groups is 1. The molecule has 0 fully saturated rings. The van der Waals surface area contributed by atoms with Crippen LogP contribution in [0.15, 0.2) is 84.9 Å². The number of hydrogen-bond donors (Lipinski definition) is 4. The molecule has 0 spiro atoms. The summed E-state index contributed by atoms with van der Waals surface area (Å²) in [6, 6.07) is 29.2. The Hall–Kier alpha value is -4.45. The molecule has 0 bridgehead atoms. The first kappa shape index (κ1) is 60.2. The van der Waals surface area contributed by atoms with Gasteiger partial charge in [-0.25, -0.2) is 4.57 Å². The van der Waals surface area contributed by atoms with E-state index in [1.165, 1.54) is 68.4 Å². The Balaban J connectivity index is 1.49. The van der Waals surface area contributed by atoms with Crippen LogP contribution in [0.3, 0.4) is 0 Å². The molecule has 1 atom stereocenters. The highest BCUT2D eigenvalue weighted by Crippen LogP contribution is 2.51. The Morgan fingerprint density at radius 2 is 0.883 bits per heavy atom. The van der Waals surface area contributed by atoms with Gasteiger partial charge in [0, 0.05) is 30.8 Å². The average molecular weight is 1150 g/mol. The Bertz CT molecular complexity index is 3040. The summed E-state index contributed by atoms with van der Waals surface area (Å²) in [7, 11) is -5.76. The molecule has 8 nitrogen and oxygen atoms in total. The van der Waals surface area contributed by atoms with Crippen molar-refractivity contribution in [2.45, 2.75) is 156 Å². The number of aryl methyl sites for hydroxylation is 4. The highest BCUT2D eigenvalue weighted by atomic mass is 32.1. The molecule has 0 aliphatic rings. The van der Waals surface area contributed by atoms with Crippen molar-refractivity contribution < 1.29 is 33.1 Å². The zero-order valence-corrected chi connectivity index (χ0v) is 50.4. The molecule has 4 heterocycles. The summed E-state index contributed by atoms with van der Waals surface area (Å²) in [6.07, 6.45) is 31.2. The highest BCUT2D eigenvalue weighted by molar-refractivity contribution is 7.40. The third-order valence-electron chi connectivity index (χ3n) is 13.8. The molecule has 77 heavy (non-hydrogen) atoms. The average Bonchev–Trinajstić information content (AvgIpc) is 4.25. The smallest absolute Gasteiger partial charge is 0.392 e. The Labute approximate surface area is 475 Å². The zero-order chi connectivity index (χ0) is 54.5. The fourth-order valence-corrected chi connectivity index (χ4v) is 15.5. The summed E-state index contributed by atoms with van der Waals surface area (Å²) < 4.78 is 23.2. The number of aldehydes is 1. The minimum Gasteiger partial charge on any atom is -0.416 e. The number of benzene rings is 3. The lowest BCUT2D eigenvalue weighted by molar-refractivity contribution is 0.112. The maximum atomic E-state index is 12.1. The maximum Gasteiger partial charge on any atom is 0.392 e. The lowest BCUT2D eigenvalue weighted by Gasteiger charge is -2.15. The first-order valence-electron chi connectivity index (χ1n) is 27.7. The predicted molar refractivity (Wildman–Crippen MR) is 335 cm³/mol. The van der Waals surface area contributed by atoms with Crippen LogP contribution < -0.4 is 14.8 Å². The molecule has 0 amide bonds. The van der Waals surface area contributed by atoms with Crippen LogP contribution in [0.25, 0.3) is 64.7 Å². The number of carbonyl (C=O) groups excluding carboxylic acids is 1. The summed E-state index contributed by atoms with van der Waals surface area (Å²) >= 11 is 6.56. The molecule has 1 unspecified atom stereocenters. The van der Waals surface area contributed by atoms with E-state index in [1.54, 1.807) is 22.7 Å². The van der Waals surface area contributed by atoms with Gasteiger partial charge >= 0.3 is 16.9 Å². The van der Waals surface area contributed by atoms with Gasteiger partial charge < -0.3 is 29.5 Å². The van der Waals surface area contributed by atoms with Crippen LogP contribution in [0.1, 0.15) is 185 Å². The van der Waals surface area contributed by atoms with Crippen molar-refractivity contribution in [1.82, 2.24) is 0 Å². The van der Waals surface area contributed by atoms with Gasteiger partial charge in [-0.05, 0) is 156 Å². The van der Waals surface area contributed by atoms with Crippen LogP contribution in [0.5, 0.6) is 10.1 Å². The molecule has 0 saturated carbocycles. The third-order valence-corrected chi connectivity index (χ3v) is 19.7. The van der Waals surface area contributed by atoms with Gasteiger partial charge in [-0.15, -0.1) is 22.7 Å². The van der Waals surface area contributed by atoms with Crippen molar-refractivity contribution >= 4 is 98.5 Å². The normalized spacial score (nSPS) is 12.2. The highest BCUT2D eigenvalue weighted by Gasteiger charge is 2.24. The second-order valence-corrected chi connectivity index (χ2v) is 25.4. The number of nitrogens with two attached hydrogens (primary N) is 1. The lowest BCUT2D eigenvalue weighted by atomic mass is 9.91. The van der Waals surface area contributed by atoms with Crippen molar-refractivity contribution in [3.63, 3.8) is 0 Å². The minimum atomic E-state index is -3.19. The van der Waals surface area contributed by atoms with Crippen molar-refractivity contribution in [2.24, 2.45) is 0 Å². The van der Waals surface area contributed by atoms with Gasteiger partial charge in [0.1, 0.15) is 6.29 Å². The summed E-state index contributed by atoms with van der Waals surface area (Å²) in [6.45, 7) is 8.94. The zero-order valence-electron chi connectivity index (χ0n) is 45.2. The predicted octanol–water partition coefficient (Wildman–Crippen LogP) is 20.2. The topological polar surface area (TPSA) is 139 Å². The molecule has 410 valence electrons. The summed E-state index contributed by atoms with van der Waals surface area (Å²) in [4.78, 5) is 48.5. The molecule has 0 saturated heterocycles. The van der Waals surface area contributed by atoms with E-state index in [9.17, 15) is 24.0 Å². The van der Waals surface area contributed by atoms with Crippen LogP contribution >= 0.6 is 62.2 Å². The second-order valence-electron chi connectivity index (χ2n) is 19.9. The van der Waals surface area contributed by atoms with Gasteiger partial charge in [0.2, 0.25) is 0 Å². The molecule has 0 radical (unpaired) electrons. The monoisotopic (exact) mass is 1150 g/mol. The Morgan fingerprint density at radius 3 is 1.29 bits per heavy atom. The van der Waals surface area contributed by atoms with Crippen LogP contribution in [-0.2, 0) is 30.2 Å². The quantitative estimate of drug-likeness (QED) is 0.0105. The van der Waals surface area contributed by atoms with E-state index < -0.39 is 16.9 Å². The summed E-state index contributed by atoms with van der Waals surface area (Å²) in [5, 5.41) is 0.994. The molecule has 7 rings (SSSR count). The van der Waals surface area contributed by atoms with Crippen LogP contribution in [-0.4, -0.2) is 21.0 Å².